The summed E-state index contributed by atoms with van der Waals surface area (Å²) in [7, 11) is 0. The minimum absolute atomic E-state index is 0.0562. The first-order valence-corrected chi connectivity index (χ1v) is 8.63. The summed E-state index contributed by atoms with van der Waals surface area (Å²) >= 11 is 0. The first-order valence-electron chi connectivity index (χ1n) is 8.63. The van der Waals surface area contributed by atoms with E-state index in [-0.39, 0.29) is 22.9 Å². The Morgan fingerprint density at radius 2 is 1.61 bits per heavy atom. The molecule has 0 spiro atoms. The Kier molecular flexibility index (Phi) is 6.43. The van der Waals surface area contributed by atoms with E-state index in [1.54, 1.807) is 0 Å². The van der Waals surface area contributed by atoms with Crippen LogP contribution >= 0.6 is 0 Å². The largest absolute Gasteiger partial charge is 0.312 e. The maximum atomic E-state index is 13.4. The first kappa shape index (κ1) is 21.7. The number of amides is 1. The number of benzene rings is 2. The highest BCUT2D eigenvalue weighted by Gasteiger charge is 2.14. The Morgan fingerprint density at radius 3 is 2.26 bits per heavy atom. The molecule has 0 saturated heterocycles. The van der Waals surface area contributed by atoms with Crippen LogP contribution < -0.4 is 16.2 Å². The molecule has 0 atom stereocenters. The fourth-order valence-electron chi connectivity index (χ4n) is 2.45. The lowest BCUT2D eigenvalue weighted by molar-refractivity contribution is 0.0976. The van der Waals surface area contributed by atoms with Gasteiger partial charge in [0.25, 0.3) is 5.91 Å². The molecule has 160 valence electrons. The van der Waals surface area contributed by atoms with Crippen LogP contribution in [0.1, 0.15) is 15.9 Å². The molecule has 0 radical (unpaired) electrons. The third-order valence-corrected chi connectivity index (χ3v) is 3.90. The number of aliphatic imine (C=N–C) groups is 1. The summed E-state index contributed by atoms with van der Waals surface area (Å²) in [4.78, 5) is 30.2. The van der Waals surface area contributed by atoms with Gasteiger partial charge in [-0.25, -0.2) is 26.9 Å². The van der Waals surface area contributed by atoms with Crippen molar-refractivity contribution in [2.75, 3.05) is 5.32 Å². The molecular weight excluding hydrogens is 423 g/mol. The van der Waals surface area contributed by atoms with E-state index >= 15 is 0 Å². The molecule has 0 aliphatic carbocycles. The fourth-order valence-corrected chi connectivity index (χ4v) is 2.45. The Labute approximate surface area is 171 Å². The third kappa shape index (κ3) is 5.53. The second-order valence-corrected chi connectivity index (χ2v) is 6.18. The van der Waals surface area contributed by atoms with Crippen LogP contribution in [0.4, 0.5) is 27.8 Å². The molecule has 3 N–H and O–H groups in total. The first-order chi connectivity index (χ1) is 14.7. The molecule has 0 fully saturated rings. The highest BCUT2D eigenvalue weighted by Crippen LogP contribution is 2.14. The van der Waals surface area contributed by atoms with Crippen LogP contribution in [0.5, 0.6) is 0 Å². The van der Waals surface area contributed by atoms with Crippen molar-refractivity contribution >= 4 is 17.7 Å². The summed E-state index contributed by atoms with van der Waals surface area (Å²) in [6.07, 6.45) is 0. The van der Waals surface area contributed by atoms with E-state index < -0.39 is 47.1 Å². The average molecular weight is 436 g/mol. The summed E-state index contributed by atoms with van der Waals surface area (Å²) in [5.74, 6) is -7.94. The van der Waals surface area contributed by atoms with Crippen LogP contribution in [-0.2, 0) is 6.54 Å². The number of carbonyl (C=O) groups is 1. The Morgan fingerprint density at radius 1 is 0.903 bits per heavy atom. The summed E-state index contributed by atoms with van der Waals surface area (Å²) in [5, 5.41) is 4.88. The number of aromatic nitrogens is 1. The molecule has 0 bridgehead atoms. The Bertz CT molecular complexity index is 1200. The molecule has 0 saturated carbocycles. The SMILES string of the molecule is O=C(NC(=NCc1cc(F)c(F)c(F)c1)Nc1cccc(=O)[nH]1)c1ccc(F)c(F)c1. The number of carbonyl (C=O) groups excluding carboxylic acids is 1. The number of hydrogen-bond donors (Lipinski definition) is 3. The summed E-state index contributed by atoms with van der Waals surface area (Å²) in [5.41, 5.74) is -0.771. The molecule has 1 aromatic heterocycles. The van der Waals surface area contributed by atoms with E-state index in [1.807, 2.05) is 0 Å². The second kappa shape index (κ2) is 9.20. The van der Waals surface area contributed by atoms with Crippen molar-refractivity contribution < 1.29 is 26.7 Å². The molecule has 31 heavy (non-hydrogen) atoms. The van der Waals surface area contributed by atoms with Crippen molar-refractivity contribution in [3.63, 3.8) is 0 Å². The van der Waals surface area contributed by atoms with Gasteiger partial charge in [0.1, 0.15) is 5.82 Å². The molecule has 3 aromatic rings. The van der Waals surface area contributed by atoms with Crippen molar-refractivity contribution in [1.29, 1.82) is 0 Å². The number of rotatable bonds is 4. The predicted molar refractivity (Wildman–Crippen MR) is 102 cm³/mol. The zero-order valence-corrected chi connectivity index (χ0v) is 15.5. The number of hydrogen-bond acceptors (Lipinski definition) is 3. The molecule has 1 amide bonds. The van der Waals surface area contributed by atoms with Gasteiger partial charge in [-0.3, -0.25) is 14.9 Å². The molecule has 6 nitrogen and oxygen atoms in total. The smallest absolute Gasteiger partial charge is 0.258 e. The number of guanidine groups is 1. The quantitative estimate of drug-likeness (QED) is 0.253. The molecule has 0 unspecified atom stereocenters. The highest BCUT2D eigenvalue weighted by molar-refractivity contribution is 6.09. The number of nitrogens with one attached hydrogen (secondary N) is 3. The van der Waals surface area contributed by atoms with Gasteiger partial charge in [-0.15, -0.1) is 0 Å². The zero-order valence-electron chi connectivity index (χ0n) is 15.5. The van der Waals surface area contributed by atoms with Gasteiger partial charge in [-0.05, 0) is 42.0 Å². The van der Waals surface area contributed by atoms with Crippen molar-refractivity contribution in [2.24, 2.45) is 4.99 Å². The van der Waals surface area contributed by atoms with Gasteiger partial charge < -0.3 is 10.3 Å². The lowest BCUT2D eigenvalue weighted by atomic mass is 10.2. The monoisotopic (exact) mass is 436 g/mol. The van der Waals surface area contributed by atoms with Crippen LogP contribution in [0.15, 0.2) is 58.3 Å². The minimum atomic E-state index is -1.64. The van der Waals surface area contributed by atoms with Gasteiger partial charge >= 0.3 is 0 Å². The average Bonchev–Trinajstić information content (AvgIpc) is 2.72. The van der Waals surface area contributed by atoms with Gasteiger partial charge in [0.2, 0.25) is 11.5 Å². The van der Waals surface area contributed by atoms with Crippen LogP contribution in [0.3, 0.4) is 0 Å². The van der Waals surface area contributed by atoms with E-state index in [1.165, 1.54) is 18.2 Å². The van der Waals surface area contributed by atoms with Crippen molar-refractivity contribution in [2.45, 2.75) is 6.54 Å². The van der Waals surface area contributed by atoms with Gasteiger partial charge in [0.05, 0.1) is 6.54 Å². The normalized spacial score (nSPS) is 11.3. The van der Waals surface area contributed by atoms with E-state index in [2.05, 4.69) is 20.6 Å². The predicted octanol–water partition coefficient (Wildman–Crippen LogP) is 3.47. The zero-order chi connectivity index (χ0) is 22.5. The second-order valence-electron chi connectivity index (χ2n) is 6.18. The molecule has 11 heteroatoms. The Balaban J connectivity index is 1.88. The maximum absolute atomic E-state index is 13.4. The number of aromatic amines is 1. The molecule has 1 heterocycles. The van der Waals surface area contributed by atoms with E-state index in [0.29, 0.717) is 6.07 Å². The number of pyridine rings is 1. The molecule has 3 rings (SSSR count). The fraction of sp³-hybridized carbons (Fsp3) is 0.0500. The van der Waals surface area contributed by atoms with Gasteiger partial charge in [0, 0.05) is 11.6 Å². The number of H-pyrrole nitrogens is 1. The lowest BCUT2D eigenvalue weighted by Gasteiger charge is -2.12. The minimum Gasteiger partial charge on any atom is -0.312 e. The number of nitrogens with zero attached hydrogens (tertiary/aromatic N) is 1. The van der Waals surface area contributed by atoms with Crippen molar-refractivity contribution in [3.05, 3.63) is 99.1 Å². The standard InChI is InChI=1S/C20H13F5N4O2/c21-12-5-4-11(8-13(12)22)19(31)29-20(28-16-2-1-3-17(30)27-16)26-9-10-6-14(23)18(25)15(24)7-10/h1-8H,9H2,(H3,26,27,28,29,30,31). The molecule has 0 aliphatic heterocycles. The summed E-state index contributed by atoms with van der Waals surface area (Å²) < 4.78 is 66.4. The maximum Gasteiger partial charge on any atom is 0.258 e. The van der Waals surface area contributed by atoms with Crippen LogP contribution in [0, 0.1) is 29.1 Å². The van der Waals surface area contributed by atoms with Crippen LogP contribution in [0.2, 0.25) is 0 Å². The Hall–Kier alpha value is -4.02. The van der Waals surface area contributed by atoms with Gasteiger partial charge in [-0.2, -0.15) is 0 Å². The third-order valence-electron chi connectivity index (χ3n) is 3.90. The summed E-state index contributed by atoms with van der Waals surface area (Å²) in [6.45, 7) is -0.397. The number of halogens is 5. The van der Waals surface area contributed by atoms with E-state index in [0.717, 1.165) is 24.3 Å². The van der Waals surface area contributed by atoms with Crippen molar-refractivity contribution in [3.8, 4) is 0 Å². The van der Waals surface area contributed by atoms with E-state index in [4.69, 9.17) is 0 Å². The van der Waals surface area contributed by atoms with Crippen LogP contribution in [-0.4, -0.2) is 16.9 Å². The highest BCUT2D eigenvalue weighted by atomic mass is 19.2. The van der Waals surface area contributed by atoms with E-state index in [9.17, 15) is 31.5 Å². The summed E-state index contributed by atoms with van der Waals surface area (Å²) in [6, 6.07) is 7.96. The van der Waals surface area contributed by atoms with Crippen LogP contribution in [0.25, 0.3) is 0 Å². The molecule has 2 aromatic carbocycles. The number of anilines is 1. The topological polar surface area (TPSA) is 86.3 Å². The van der Waals surface area contributed by atoms with Gasteiger partial charge in [-0.1, -0.05) is 6.07 Å². The lowest BCUT2D eigenvalue weighted by Crippen LogP contribution is -2.36. The van der Waals surface area contributed by atoms with Gasteiger partial charge in [0.15, 0.2) is 29.1 Å². The van der Waals surface area contributed by atoms with Crippen molar-refractivity contribution in [1.82, 2.24) is 10.3 Å². The molecule has 0 aliphatic rings. The molecular formula is C20H13F5N4O2.